The van der Waals surface area contributed by atoms with Gasteiger partial charge in [-0.2, -0.15) is 0 Å². The van der Waals surface area contributed by atoms with Gasteiger partial charge in [0.05, 0.1) is 37.5 Å². The first-order chi connectivity index (χ1) is 21.3. The molecule has 16 heteroatoms. The number of likely N-dealkylation sites (N-methyl/N-ethyl adjacent to an activating group) is 1. The molecule has 3 aliphatic rings. The van der Waals surface area contributed by atoms with Crippen molar-refractivity contribution in [3.05, 3.63) is 0 Å². The molecule has 16 nitrogen and oxygen atoms in total. The lowest BCUT2D eigenvalue weighted by Gasteiger charge is -2.49. The highest BCUT2D eigenvalue weighted by molar-refractivity contribution is 5.84. The predicted octanol–water partition coefficient (Wildman–Crippen LogP) is -2.11. The molecule has 0 spiro atoms. The van der Waals surface area contributed by atoms with Crippen LogP contribution in [0.15, 0.2) is 0 Å². The molecule has 1 aliphatic carbocycles. The van der Waals surface area contributed by atoms with Gasteiger partial charge in [0.1, 0.15) is 47.8 Å². The molecule has 9 N–H and O–H groups in total. The minimum atomic E-state index is -1.63. The summed E-state index contributed by atoms with van der Waals surface area (Å²) in [5.41, 5.74) is -2.23. The van der Waals surface area contributed by atoms with Crippen LogP contribution in [0.3, 0.4) is 0 Å². The maximum absolute atomic E-state index is 13.1. The second-order valence-electron chi connectivity index (χ2n) is 14.0. The lowest BCUT2D eigenvalue weighted by molar-refractivity contribution is -0.337. The van der Waals surface area contributed by atoms with E-state index >= 15 is 0 Å². The first-order valence-electron chi connectivity index (χ1n) is 15.9. The van der Waals surface area contributed by atoms with E-state index in [-0.39, 0.29) is 19.4 Å². The number of aliphatic hydroxyl groups is 7. The zero-order valence-electron chi connectivity index (χ0n) is 27.6. The maximum atomic E-state index is 13.1. The predicted molar refractivity (Wildman–Crippen MR) is 159 cm³/mol. The normalized spacial score (nSPS) is 42.7. The molecule has 2 aliphatic heterocycles. The number of hydrogen-bond donors (Lipinski definition) is 9. The molecule has 2 saturated heterocycles. The van der Waals surface area contributed by atoms with Gasteiger partial charge in [-0.1, -0.05) is 13.8 Å². The van der Waals surface area contributed by atoms with Gasteiger partial charge in [0.2, 0.25) is 0 Å². The molecule has 46 heavy (non-hydrogen) atoms. The number of carbonyl (C=O) groups excluding carboxylic acids is 2. The summed E-state index contributed by atoms with van der Waals surface area (Å²) in [5, 5.41) is 80.3. The van der Waals surface area contributed by atoms with E-state index in [1.54, 1.807) is 41.7 Å². The summed E-state index contributed by atoms with van der Waals surface area (Å²) in [7, 11) is 1.55. The number of carbonyl (C=O) groups is 2. The summed E-state index contributed by atoms with van der Waals surface area (Å²) >= 11 is 0. The van der Waals surface area contributed by atoms with Gasteiger partial charge >= 0.3 is 6.09 Å². The van der Waals surface area contributed by atoms with Crippen LogP contribution in [0.1, 0.15) is 60.8 Å². The van der Waals surface area contributed by atoms with Crippen LogP contribution in [0, 0.1) is 11.8 Å². The number of hydrogen-bond acceptors (Lipinski definition) is 15. The number of amides is 1. The van der Waals surface area contributed by atoms with E-state index in [4.69, 9.17) is 23.7 Å². The van der Waals surface area contributed by atoms with E-state index in [2.05, 4.69) is 10.6 Å². The zero-order valence-corrected chi connectivity index (χ0v) is 27.6. The minimum absolute atomic E-state index is 0.200. The lowest BCUT2D eigenvalue weighted by atomic mass is 9.74. The van der Waals surface area contributed by atoms with Crippen LogP contribution in [-0.2, 0) is 28.5 Å². The second kappa shape index (κ2) is 15.8. The fourth-order valence-corrected chi connectivity index (χ4v) is 6.40. The molecule has 1 saturated carbocycles. The highest BCUT2D eigenvalue weighted by atomic mass is 16.7. The van der Waals surface area contributed by atoms with Crippen molar-refractivity contribution in [2.24, 2.45) is 11.8 Å². The third kappa shape index (κ3) is 9.33. The Morgan fingerprint density at radius 3 is 2.20 bits per heavy atom. The van der Waals surface area contributed by atoms with Gasteiger partial charge in [-0.05, 0) is 59.4 Å². The molecule has 1 unspecified atom stereocenters. The lowest BCUT2D eigenvalue weighted by Crippen LogP contribution is -2.66. The first-order valence-corrected chi connectivity index (χ1v) is 15.9. The SMILES string of the molecule is CC[C@H]1O[C@H](OC2[C@@H](C)C[C@@H](CC(=O)[C@@H](O)CNC(=O)OC(C)(C)C)[C@H](O[C@H]3OC[C@](C)(O)[C@H](NC)[C@H]3O)[C@H]2O)[C@H](O)[C@@H](O)[C@@H]1O. The minimum Gasteiger partial charge on any atom is -0.444 e. The van der Waals surface area contributed by atoms with Crippen LogP contribution in [0.2, 0.25) is 0 Å². The fourth-order valence-electron chi connectivity index (χ4n) is 6.40. The maximum Gasteiger partial charge on any atom is 0.407 e. The molecule has 2 heterocycles. The summed E-state index contributed by atoms with van der Waals surface area (Å²) in [6.07, 6.45) is -15.5. The van der Waals surface area contributed by atoms with Gasteiger partial charge < -0.3 is 70.1 Å². The summed E-state index contributed by atoms with van der Waals surface area (Å²) in [4.78, 5) is 25.2. The van der Waals surface area contributed by atoms with E-state index in [1.165, 1.54) is 6.92 Å². The van der Waals surface area contributed by atoms with Crippen molar-refractivity contribution in [2.75, 3.05) is 20.2 Å². The molecule has 1 amide bonds. The number of nitrogens with one attached hydrogen (secondary N) is 2. The molecule has 15 atom stereocenters. The monoisotopic (exact) mass is 666 g/mol. The Kier molecular flexibility index (Phi) is 13.3. The van der Waals surface area contributed by atoms with Crippen LogP contribution in [0.25, 0.3) is 0 Å². The molecule has 0 aromatic heterocycles. The van der Waals surface area contributed by atoms with E-state index < -0.39 is 115 Å². The Morgan fingerprint density at radius 2 is 1.61 bits per heavy atom. The van der Waals surface area contributed by atoms with Crippen LogP contribution >= 0.6 is 0 Å². The molecule has 0 radical (unpaired) electrons. The topological polar surface area (TPSA) is 246 Å². The Bertz CT molecular complexity index is 1010. The average Bonchev–Trinajstić information content (AvgIpc) is 2.96. The Balaban J connectivity index is 1.80. The summed E-state index contributed by atoms with van der Waals surface area (Å²) < 4.78 is 28.7. The zero-order chi connectivity index (χ0) is 34.7. The molecular formula is C30H54N2O14. The van der Waals surface area contributed by atoms with Crippen molar-refractivity contribution in [3.8, 4) is 0 Å². The summed E-state index contributed by atoms with van der Waals surface area (Å²) in [6, 6.07) is -0.872. The largest absolute Gasteiger partial charge is 0.444 e. The molecule has 3 fully saturated rings. The van der Waals surface area contributed by atoms with Crippen molar-refractivity contribution in [3.63, 3.8) is 0 Å². The van der Waals surface area contributed by atoms with Gasteiger partial charge in [0, 0.05) is 6.42 Å². The van der Waals surface area contributed by atoms with E-state index in [9.17, 15) is 45.3 Å². The van der Waals surface area contributed by atoms with Gasteiger partial charge in [-0.15, -0.1) is 0 Å². The van der Waals surface area contributed by atoms with Crippen molar-refractivity contribution in [1.82, 2.24) is 10.6 Å². The first kappa shape index (κ1) is 38.9. The highest BCUT2D eigenvalue weighted by Crippen LogP contribution is 2.39. The van der Waals surface area contributed by atoms with Crippen molar-refractivity contribution in [1.29, 1.82) is 0 Å². The van der Waals surface area contributed by atoms with Crippen molar-refractivity contribution in [2.45, 2.75) is 146 Å². The van der Waals surface area contributed by atoms with Crippen molar-refractivity contribution >= 4 is 11.9 Å². The highest BCUT2D eigenvalue weighted by Gasteiger charge is 2.52. The van der Waals surface area contributed by atoms with Crippen LogP contribution < -0.4 is 10.6 Å². The van der Waals surface area contributed by atoms with Gasteiger partial charge in [0.25, 0.3) is 0 Å². The van der Waals surface area contributed by atoms with Gasteiger partial charge in [-0.3, -0.25) is 4.79 Å². The number of Topliss-reactive ketones (excluding diaryl/α,β-unsaturated/α-hetero) is 1. The third-order valence-electron chi connectivity index (χ3n) is 8.84. The summed E-state index contributed by atoms with van der Waals surface area (Å²) in [6.45, 7) is 9.31. The molecule has 0 aromatic carbocycles. The number of aliphatic hydroxyl groups excluding tert-OH is 6. The fraction of sp³-hybridized carbons (Fsp3) is 0.933. The quantitative estimate of drug-likeness (QED) is 0.115. The number of alkyl carbamates (subject to hydrolysis) is 1. The van der Waals surface area contributed by atoms with Crippen molar-refractivity contribution < 1.29 is 69.0 Å². The molecule has 268 valence electrons. The summed E-state index contributed by atoms with van der Waals surface area (Å²) in [5.74, 6) is -1.87. The number of ketones is 1. The standard InChI is InChI=1S/C30H54N2O14/c1-8-17-18(35)19(36)20(37)27(43-17)44-23-13(2)9-14(10-15(33)16(34)11-32-28(40)46-29(3,4)5)24(21(23)38)45-26-22(39)25(31-7)30(6,41)12-42-26/h13-14,16-27,31,34-39,41H,8-12H2,1-7H3,(H,32,40)/t13-,14-,16-,17+,18+,19-,20+,21-,22+,23?,24-,25+,26+,27+,30-/m0/s1. The van der Waals surface area contributed by atoms with E-state index in [0.717, 1.165) is 0 Å². The van der Waals surface area contributed by atoms with Gasteiger partial charge in [-0.25, -0.2) is 4.79 Å². The second-order valence-corrected chi connectivity index (χ2v) is 14.0. The Hall–Kier alpha value is -1.54. The van der Waals surface area contributed by atoms with Crippen LogP contribution in [0.4, 0.5) is 4.79 Å². The average molecular weight is 667 g/mol. The Labute approximate surface area is 269 Å². The van der Waals surface area contributed by atoms with Crippen LogP contribution in [0.5, 0.6) is 0 Å². The van der Waals surface area contributed by atoms with Gasteiger partial charge in [0.15, 0.2) is 18.4 Å². The molecular weight excluding hydrogens is 612 g/mol. The Morgan fingerprint density at radius 1 is 0.978 bits per heavy atom. The van der Waals surface area contributed by atoms with E-state index in [0.29, 0.717) is 6.42 Å². The molecule has 0 bridgehead atoms. The van der Waals surface area contributed by atoms with Crippen LogP contribution in [-0.4, -0.2) is 153 Å². The molecule has 0 aromatic rings. The smallest absolute Gasteiger partial charge is 0.407 e. The number of rotatable bonds is 11. The molecule has 3 rings (SSSR count). The van der Waals surface area contributed by atoms with E-state index in [1.807, 2.05) is 0 Å². The number of ether oxygens (including phenoxy) is 5. The third-order valence-corrected chi connectivity index (χ3v) is 8.84.